The molecule has 0 radical (unpaired) electrons. The van der Waals surface area contributed by atoms with Crippen LogP contribution in [0, 0.1) is 0 Å². The van der Waals surface area contributed by atoms with Gasteiger partial charge in [-0.1, -0.05) is 0 Å². The van der Waals surface area contributed by atoms with Crippen molar-refractivity contribution in [1.29, 1.82) is 0 Å². The molecule has 0 aromatic carbocycles. The van der Waals surface area contributed by atoms with Crippen LogP contribution in [0.1, 0.15) is 5.01 Å². The van der Waals surface area contributed by atoms with E-state index in [1.807, 2.05) is 0 Å². The minimum absolute atomic E-state index is 0.0611. The second-order valence-electron chi connectivity index (χ2n) is 2.12. The number of aliphatic carboxylic acids is 1. The van der Waals surface area contributed by atoms with Crippen LogP contribution in [0.2, 0.25) is 0 Å². The number of aliphatic hydroxyl groups excluding tert-OH is 1. The molecule has 1 heterocycles. The molecule has 0 saturated carbocycles. The molecule has 0 spiro atoms. The van der Waals surface area contributed by atoms with Gasteiger partial charge in [0.05, 0.1) is 15.0 Å². The normalized spacial score (nSPS) is 12.8. The summed E-state index contributed by atoms with van der Waals surface area (Å²) in [6.45, 7) is 0. The number of aliphatic hydroxyl groups is 1. The SMILES string of the molecule is O=C(O)C(O)Cc1ncc(Br)s1. The molecule has 0 fully saturated rings. The lowest BCUT2D eigenvalue weighted by molar-refractivity contribution is -0.146. The van der Waals surface area contributed by atoms with Gasteiger partial charge in [0, 0.05) is 6.42 Å². The number of aromatic nitrogens is 1. The van der Waals surface area contributed by atoms with Gasteiger partial charge in [-0.25, -0.2) is 9.78 Å². The zero-order valence-corrected chi connectivity index (χ0v) is 8.30. The van der Waals surface area contributed by atoms with Crippen molar-refractivity contribution in [2.24, 2.45) is 0 Å². The van der Waals surface area contributed by atoms with Crippen LogP contribution in [0.25, 0.3) is 0 Å². The van der Waals surface area contributed by atoms with Crippen LogP contribution in [0.4, 0.5) is 0 Å². The van der Waals surface area contributed by atoms with Crippen molar-refractivity contribution in [3.63, 3.8) is 0 Å². The summed E-state index contributed by atoms with van der Waals surface area (Å²) in [4.78, 5) is 14.1. The van der Waals surface area contributed by atoms with E-state index < -0.39 is 12.1 Å². The summed E-state index contributed by atoms with van der Waals surface area (Å²) in [5.41, 5.74) is 0. The first-order valence-corrected chi connectivity index (χ1v) is 4.71. The van der Waals surface area contributed by atoms with Gasteiger partial charge in [-0.15, -0.1) is 11.3 Å². The average molecular weight is 252 g/mol. The molecular weight excluding hydrogens is 246 g/mol. The summed E-state index contributed by atoms with van der Waals surface area (Å²) in [6.07, 6.45) is 0.281. The van der Waals surface area contributed by atoms with Crippen molar-refractivity contribution in [1.82, 2.24) is 4.98 Å². The van der Waals surface area contributed by atoms with E-state index in [2.05, 4.69) is 20.9 Å². The molecule has 4 nitrogen and oxygen atoms in total. The highest BCUT2D eigenvalue weighted by Crippen LogP contribution is 2.19. The summed E-state index contributed by atoms with van der Waals surface area (Å²) >= 11 is 4.50. The van der Waals surface area contributed by atoms with E-state index >= 15 is 0 Å². The third-order valence-corrected chi connectivity index (χ3v) is 2.68. The largest absolute Gasteiger partial charge is 0.479 e. The summed E-state index contributed by atoms with van der Waals surface area (Å²) in [5, 5.41) is 17.9. The lowest BCUT2D eigenvalue weighted by Crippen LogP contribution is -2.21. The molecule has 12 heavy (non-hydrogen) atoms. The van der Waals surface area contributed by atoms with Crippen LogP contribution in [0.15, 0.2) is 9.98 Å². The van der Waals surface area contributed by atoms with Crippen molar-refractivity contribution in [2.75, 3.05) is 0 Å². The predicted molar refractivity (Wildman–Crippen MR) is 47.2 cm³/mol. The quantitative estimate of drug-likeness (QED) is 0.838. The van der Waals surface area contributed by atoms with E-state index in [-0.39, 0.29) is 6.42 Å². The number of carboxylic acids is 1. The van der Waals surface area contributed by atoms with Crippen LogP contribution in [-0.2, 0) is 11.2 Å². The second kappa shape index (κ2) is 3.97. The van der Waals surface area contributed by atoms with Gasteiger partial charge in [0.25, 0.3) is 0 Å². The number of rotatable bonds is 3. The number of carboxylic acid groups (broad SMARTS) is 1. The van der Waals surface area contributed by atoms with Gasteiger partial charge in [-0.3, -0.25) is 0 Å². The maximum absolute atomic E-state index is 10.2. The average Bonchev–Trinajstić information content (AvgIpc) is 2.35. The fourth-order valence-electron chi connectivity index (χ4n) is 0.635. The molecule has 0 bridgehead atoms. The monoisotopic (exact) mass is 251 g/mol. The minimum atomic E-state index is -1.36. The Kier molecular flexibility index (Phi) is 3.19. The molecule has 0 aliphatic carbocycles. The maximum atomic E-state index is 10.2. The first-order chi connectivity index (χ1) is 5.59. The standard InChI is InChI=1S/C6H6BrNO3S/c7-4-2-8-5(12-4)1-3(9)6(10)11/h2-3,9H,1H2,(H,10,11). The Bertz CT molecular complexity index is 288. The Morgan fingerprint density at radius 3 is 2.92 bits per heavy atom. The Hall–Kier alpha value is -0.460. The van der Waals surface area contributed by atoms with Gasteiger partial charge in [-0.2, -0.15) is 0 Å². The molecule has 1 aromatic heterocycles. The lowest BCUT2D eigenvalue weighted by atomic mass is 10.3. The second-order valence-corrected chi connectivity index (χ2v) is 4.61. The molecule has 0 aliphatic heterocycles. The fraction of sp³-hybridized carbons (Fsp3) is 0.333. The maximum Gasteiger partial charge on any atom is 0.332 e. The summed E-state index contributed by atoms with van der Waals surface area (Å²) < 4.78 is 0.829. The molecular formula is C6H6BrNO3S. The fourth-order valence-corrected chi connectivity index (χ4v) is 1.98. The van der Waals surface area contributed by atoms with Crippen molar-refractivity contribution < 1.29 is 15.0 Å². The molecule has 0 amide bonds. The van der Waals surface area contributed by atoms with Crippen molar-refractivity contribution >= 4 is 33.2 Å². The Labute approximate surface area is 81.0 Å². The highest BCUT2D eigenvalue weighted by atomic mass is 79.9. The molecule has 0 aliphatic rings. The first kappa shape index (κ1) is 9.63. The Balaban J connectivity index is 2.58. The highest BCUT2D eigenvalue weighted by Gasteiger charge is 2.15. The van der Waals surface area contributed by atoms with Gasteiger partial charge in [0.2, 0.25) is 0 Å². The molecule has 1 aromatic rings. The molecule has 2 N–H and O–H groups in total. The lowest BCUT2D eigenvalue weighted by Gasteiger charge is -2.00. The van der Waals surface area contributed by atoms with Crippen molar-refractivity contribution in [3.8, 4) is 0 Å². The van der Waals surface area contributed by atoms with Gasteiger partial charge >= 0.3 is 5.97 Å². The number of nitrogens with zero attached hydrogens (tertiary/aromatic N) is 1. The summed E-state index contributed by atoms with van der Waals surface area (Å²) in [6, 6.07) is 0. The number of halogens is 1. The smallest absolute Gasteiger partial charge is 0.332 e. The van der Waals surface area contributed by atoms with E-state index in [1.165, 1.54) is 11.3 Å². The third-order valence-electron chi connectivity index (χ3n) is 1.18. The van der Waals surface area contributed by atoms with Crippen molar-refractivity contribution in [3.05, 3.63) is 15.0 Å². The summed E-state index contributed by atoms with van der Waals surface area (Å²) in [5.74, 6) is -1.22. The third kappa shape index (κ3) is 2.54. The number of hydrogen-bond acceptors (Lipinski definition) is 4. The van der Waals surface area contributed by atoms with E-state index in [4.69, 9.17) is 10.2 Å². The van der Waals surface area contributed by atoms with Gasteiger partial charge in [0.1, 0.15) is 0 Å². The van der Waals surface area contributed by atoms with Gasteiger partial charge in [0.15, 0.2) is 6.10 Å². The molecule has 0 saturated heterocycles. The number of thiazole rings is 1. The van der Waals surface area contributed by atoms with Gasteiger partial charge < -0.3 is 10.2 Å². The van der Waals surface area contributed by atoms with E-state index in [0.717, 1.165) is 3.79 Å². The molecule has 1 rings (SSSR count). The van der Waals surface area contributed by atoms with E-state index in [0.29, 0.717) is 5.01 Å². The number of hydrogen-bond donors (Lipinski definition) is 2. The zero-order valence-electron chi connectivity index (χ0n) is 5.90. The topological polar surface area (TPSA) is 70.4 Å². The first-order valence-electron chi connectivity index (χ1n) is 3.10. The van der Waals surface area contributed by atoms with E-state index in [9.17, 15) is 4.79 Å². The van der Waals surface area contributed by atoms with Crippen LogP contribution in [0.3, 0.4) is 0 Å². The molecule has 1 unspecified atom stereocenters. The highest BCUT2D eigenvalue weighted by molar-refractivity contribution is 9.11. The van der Waals surface area contributed by atoms with Gasteiger partial charge in [-0.05, 0) is 15.9 Å². The zero-order chi connectivity index (χ0) is 9.14. The summed E-state index contributed by atoms with van der Waals surface area (Å²) in [7, 11) is 0. The van der Waals surface area contributed by atoms with Crippen LogP contribution in [-0.4, -0.2) is 27.3 Å². The Morgan fingerprint density at radius 1 is 1.83 bits per heavy atom. The molecule has 66 valence electrons. The Morgan fingerprint density at radius 2 is 2.50 bits per heavy atom. The van der Waals surface area contributed by atoms with Crippen molar-refractivity contribution in [2.45, 2.75) is 12.5 Å². The van der Waals surface area contributed by atoms with E-state index in [1.54, 1.807) is 6.20 Å². The van der Waals surface area contributed by atoms with Crippen LogP contribution < -0.4 is 0 Å². The molecule has 1 atom stereocenters. The number of carbonyl (C=O) groups is 1. The predicted octanol–water partition coefficient (Wildman–Crippen LogP) is 0.894. The minimum Gasteiger partial charge on any atom is -0.479 e. The van der Waals surface area contributed by atoms with Crippen LogP contribution in [0.5, 0.6) is 0 Å². The van der Waals surface area contributed by atoms with Crippen LogP contribution >= 0.6 is 27.3 Å². The molecule has 6 heteroatoms.